The van der Waals surface area contributed by atoms with Crippen LogP contribution in [0.4, 0.5) is 34.5 Å². The zero-order valence-electron chi connectivity index (χ0n) is 24.9. The van der Waals surface area contributed by atoms with Crippen LogP contribution in [0.15, 0.2) is 126 Å². The number of rotatable bonds is 6. The molecule has 0 aliphatic carbocycles. The van der Waals surface area contributed by atoms with Gasteiger partial charge in [-0.1, -0.05) is 62.4 Å². The molecule has 6 rings (SSSR count). The molecule has 0 fully saturated rings. The van der Waals surface area contributed by atoms with Crippen molar-refractivity contribution in [2.45, 2.75) is 59.1 Å². The van der Waals surface area contributed by atoms with Gasteiger partial charge in [0.05, 0.1) is 0 Å². The molecular formula is C32H30B2F8O2S2. The van der Waals surface area contributed by atoms with Gasteiger partial charge in [0.15, 0.2) is 32.8 Å². The molecule has 244 valence electrons. The molecule has 0 radical (unpaired) electrons. The first-order chi connectivity index (χ1) is 21.8. The molecule has 0 saturated carbocycles. The Bertz CT molecular complexity index is 1440. The lowest BCUT2D eigenvalue weighted by atomic mass is 10.2. The van der Waals surface area contributed by atoms with Gasteiger partial charge in [0, 0.05) is 12.8 Å². The summed E-state index contributed by atoms with van der Waals surface area (Å²) in [5, 5.41) is 0. The minimum absolute atomic E-state index is 0.198. The van der Waals surface area contributed by atoms with Crippen LogP contribution in [-0.2, 0) is 21.8 Å². The fraction of sp³-hybridized carbons (Fsp3) is 0.188. The summed E-state index contributed by atoms with van der Waals surface area (Å²) in [6.45, 7) is 4.61. The second kappa shape index (κ2) is 15.4. The molecule has 2 aliphatic heterocycles. The Morgan fingerprint density at radius 2 is 0.674 bits per heavy atom. The number of allylic oxidation sites excluding steroid dienone is 2. The fourth-order valence-electron chi connectivity index (χ4n) is 4.98. The molecule has 0 spiro atoms. The Hall–Kier alpha value is -3.51. The van der Waals surface area contributed by atoms with Gasteiger partial charge >= 0.3 is 14.5 Å². The molecule has 0 unspecified atom stereocenters. The van der Waals surface area contributed by atoms with Gasteiger partial charge in [0.1, 0.15) is 21.8 Å². The number of para-hydroxylation sites is 4. The van der Waals surface area contributed by atoms with Crippen LogP contribution < -0.4 is 9.47 Å². The van der Waals surface area contributed by atoms with Crippen LogP contribution in [0.3, 0.4) is 0 Å². The van der Waals surface area contributed by atoms with E-state index >= 15 is 0 Å². The fourth-order valence-corrected chi connectivity index (χ4v) is 10.6. The number of hydrogen-bond donors (Lipinski definition) is 0. The van der Waals surface area contributed by atoms with E-state index in [1.807, 2.05) is 0 Å². The summed E-state index contributed by atoms with van der Waals surface area (Å²) in [5.74, 6) is 3.94. The minimum atomic E-state index is -6.00. The van der Waals surface area contributed by atoms with Gasteiger partial charge in [0.2, 0.25) is 19.6 Å². The highest BCUT2D eigenvalue weighted by Crippen LogP contribution is 2.53. The first kappa shape index (κ1) is 35.3. The highest BCUT2D eigenvalue weighted by molar-refractivity contribution is 8.04. The standard InChI is InChI=1S/C32H30O2S2.2BF4/c1-3-13-31(35-27-19-9-5-15-23(27)33-24-16-6-10-20-28(24)35)32(14-4-2)36-29-21-11-7-17-25(29)34-26-18-8-12-22-30(26)36;2*2-1(3,4)5/h5-12,15-22H,3-4,13-14H2,1-2H3;;/q+2;2*-1/b32-31+;;. The number of benzene rings is 4. The van der Waals surface area contributed by atoms with Gasteiger partial charge in [-0.25, -0.2) is 0 Å². The van der Waals surface area contributed by atoms with E-state index in [4.69, 9.17) is 9.47 Å². The van der Waals surface area contributed by atoms with Crippen molar-refractivity contribution in [2.75, 3.05) is 0 Å². The summed E-state index contributed by atoms with van der Waals surface area (Å²) in [6, 6.07) is 34.5. The van der Waals surface area contributed by atoms with Crippen LogP contribution in [0.2, 0.25) is 0 Å². The molecular weight excluding hydrogens is 654 g/mol. The van der Waals surface area contributed by atoms with Gasteiger partial charge in [-0.3, -0.25) is 0 Å². The van der Waals surface area contributed by atoms with Crippen molar-refractivity contribution in [3.63, 3.8) is 0 Å². The third-order valence-electron chi connectivity index (χ3n) is 6.47. The van der Waals surface area contributed by atoms with Crippen LogP contribution in [-0.4, -0.2) is 14.5 Å². The van der Waals surface area contributed by atoms with Crippen molar-refractivity contribution in [1.82, 2.24) is 0 Å². The highest BCUT2D eigenvalue weighted by Gasteiger charge is 2.49. The summed E-state index contributed by atoms with van der Waals surface area (Å²) in [5.41, 5.74) is 0. The number of halogens is 8. The predicted molar refractivity (Wildman–Crippen MR) is 171 cm³/mol. The van der Waals surface area contributed by atoms with E-state index in [1.165, 1.54) is 19.6 Å². The second-order valence-corrected chi connectivity index (χ2v) is 13.9. The number of hydrogen-bond acceptors (Lipinski definition) is 2. The molecule has 0 N–H and O–H groups in total. The molecule has 4 aromatic rings. The number of ether oxygens (including phenoxy) is 2. The lowest BCUT2D eigenvalue weighted by Gasteiger charge is -2.24. The largest absolute Gasteiger partial charge is 0.673 e. The Balaban J connectivity index is 0.000000421. The maximum absolute atomic E-state index is 9.75. The van der Waals surface area contributed by atoms with E-state index in [9.17, 15) is 34.5 Å². The van der Waals surface area contributed by atoms with Gasteiger partial charge in [-0.2, -0.15) is 0 Å². The van der Waals surface area contributed by atoms with Crippen molar-refractivity contribution < 1.29 is 44.0 Å². The molecule has 2 aliphatic rings. The lowest BCUT2D eigenvalue weighted by Crippen LogP contribution is -2.21. The molecule has 0 bridgehead atoms. The highest BCUT2D eigenvalue weighted by atomic mass is 32.2. The summed E-state index contributed by atoms with van der Waals surface area (Å²) in [4.78, 5) is 8.33. The van der Waals surface area contributed by atoms with E-state index in [1.54, 1.807) is 9.81 Å². The normalized spacial score (nSPS) is 14.3. The smallest absolute Gasteiger partial charge is 0.447 e. The topological polar surface area (TPSA) is 18.5 Å². The molecule has 2 nitrogen and oxygen atoms in total. The van der Waals surface area contributed by atoms with Crippen LogP contribution in [0, 0.1) is 0 Å². The molecule has 0 atom stereocenters. The third-order valence-corrected chi connectivity index (χ3v) is 11.6. The average Bonchev–Trinajstić information content (AvgIpc) is 2.99. The van der Waals surface area contributed by atoms with Crippen LogP contribution in [0.25, 0.3) is 0 Å². The van der Waals surface area contributed by atoms with Crippen LogP contribution in [0.5, 0.6) is 23.0 Å². The van der Waals surface area contributed by atoms with E-state index in [0.717, 1.165) is 48.7 Å². The molecule has 46 heavy (non-hydrogen) atoms. The molecule has 2 heterocycles. The Labute approximate surface area is 268 Å². The van der Waals surface area contributed by atoms with Gasteiger partial charge in [-0.15, -0.1) is 0 Å². The monoisotopic (exact) mass is 684 g/mol. The molecule has 0 saturated heterocycles. The van der Waals surface area contributed by atoms with E-state index < -0.39 is 14.5 Å². The maximum atomic E-state index is 9.75. The SMILES string of the molecule is CCC/C(=C(/CCC)[S+]1c2ccccc2Oc2ccccc21)[S+]1c2ccccc2Oc2ccccc21.F[B-](F)(F)F.F[B-](F)(F)F. The van der Waals surface area contributed by atoms with Crippen molar-refractivity contribution in [2.24, 2.45) is 0 Å². The Kier molecular flexibility index (Phi) is 11.8. The molecule has 14 heteroatoms. The first-order valence-electron chi connectivity index (χ1n) is 14.5. The van der Waals surface area contributed by atoms with Crippen LogP contribution >= 0.6 is 0 Å². The zero-order chi connectivity index (χ0) is 33.5. The summed E-state index contributed by atoms with van der Waals surface area (Å²) in [6.07, 6.45) is 4.34. The minimum Gasteiger partial charge on any atom is -0.447 e. The second-order valence-electron chi connectivity index (χ2n) is 9.94. The summed E-state index contributed by atoms with van der Waals surface area (Å²) >= 11 is 0. The van der Waals surface area contributed by atoms with Crippen LogP contribution in [0.1, 0.15) is 39.5 Å². The quantitative estimate of drug-likeness (QED) is 0.114. The zero-order valence-corrected chi connectivity index (χ0v) is 26.5. The van der Waals surface area contributed by atoms with Gasteiger partial charge in [0.25, 0.3) is 0 Å². The molecule has 4 aromatic carbocycles. The average molecular weight is 684 g/mol. The van der Waals surface area contributed by atoms with E-state index in [0.29, 0.717) is 0 Å². The van der Waals surface area contributed by atoms with Gasteiger partial charge < -0.3 is 44.0 Å². The summed E-state index contributed by atoms with van der Waals surface area (Å²) < 4.78 is 90.8. The lowest BCUT2D eigenvalue weighted by molar-refractivity contribution is 0.366. The van der Waals surface area contributed by atoms with E-state index in [2.05, 4.69) is 111 Å². The van der Waals surface area contributed by atoms with Crippen molar-refractivity contribution >= 4 is 36.3 Å². The Morgan fingerprint density at radius 3 is 0.891 bits per heavy atom. The molecule has 0 aromatic heterocycles. The number of fused-ring (bicyclic) bond motifs is 4. The first-order valence-corrected chi connectivity index (χ1v) is 16.9. The van der Waals surface area contributed by atoms with Crippen molar-refractivity contribution in [1.29, 1.82) is 0 Å². The van der Waals surface area contributed by atoms with Crippen molar-refractivity contribution in [3.8, 4) is 23.0 Å². The third kappa shape index (κ3) is 9.28. The maximum Gasteiger partial charge on any atom is 0.673 e. The predicted octanol–water partition coefficient (Wildman–Crippen LogP) is 12.1. The van der Waals surface area contributed by atoms with E-state index in [-0.39, 0.29) is 21.8 Å². The van der Waals surface area contributed by atoms with Gasteiger partial charge in [-0.05, 0) is 61.4 Å². The molecule has 0 amide bonds. The van der Waals surface area contributed by atoms with Crippen molar-refractivity contribution in [3.05, 3.63) is 107 Å². The summed E-state index contributed by atoms with van der Waals surface area (Å²) in [7, 11) is -12.4. The Morgan fingerprint density at radius 1 is 0.457 bits per heavy atom.